The van der Waals surface area contributed by atoms with E-state index in [-0.39, 0.29) is 18.3 Å². The molecule has 8 heteroatoms. The zero-order valence-electron chi connectivity index (χ0n) is 11.6. The molecule has 0 saturated heterocycles. The largest absolute Gasteiger partial charge is 0.382 e. The number of hydrogen-bond donors (Lipinski definition) is 2. The molecule has 0 radical (unpaired) electrons. The van der Waals surface area contributed by atoms with Gasteiger partial charge in [-0.2, -0.15) is 0 Å². The lowest BCUT2D eigenvalue weighted by atomic mass is 10.3. The molecule has 0 bridgehead atoms. The highest BCUT2D eigenvalue weighted by atomic mass is 32.2. The van der Waals surface area contributed by atoms with Gasteiger partial charge < -0.3 is 14.8 Å². The number of methoxy groups -OCH3 is 1. The second kappa shape index (κ2) is 11.2. The number of nitrogens with one attached hydrogen (secondary N) is 2. The Kier molecular flexibility index (Phi) is 10.7. The average molecular weight is 296 g/mol. The molecule has 1 amide bonds. The first-order valence-corrected chi connectivity index (χ1v) is 7.91. The number of amides is 1. The minimum atomic E-state index is -3.28. The summed E-state index contributed by atoms with van der Waals surface area (Å²) in [5, 5.41) is 2.65. The summed E-state index contributed by atoms with van der Waals surface area (Å²) in [7, 11) is -1.72. The minimum absolute atomic E-state index is 0.0532. The molecule has 0 heterocycles. The molecule has 0 saturated carbocycles. The molecule has 0 atom stereocenters. The quantitative estimate of drug-likeness (QED) is 0.473. The molecule has 0 aromatic carbocycles. The van der Waals surface area contributed by atoms with E-state index >= 15 is 0 Å². The fourth-order valence-corrected chi connectivity index (χ4v) is 2.16. The molecular formula is C11H24N2O5S. The standard InChI is InChI=1S/C11H24N2O5S/c1-11(14)12-5-3-4-6-13-19(15,16)10-9-18-8-7-17-2/h13H,3-10H2,1-2H3,(H,12,14). The third-order valence-corrected chi connectivity index (χ3v) is 3.58. The predicted octanol–water partition coefficient (Wildman–Crippen LogP) is -0.515. The van der Waals surface area contributed by atoms with E-state index in [0.717, 1.165) is 6.42 Å². The van der Waals surface area contributed by atoms with Gasteiger partial charge in [0.05, 0.1) is 25.6 Å². The van der Waals surface area contributed by atoms with E-state index in [2.05, 4.69) is 10.0 Å². The SMILES string of the molecule is COCCOCCS(=O)(=O)NCCCCNC(C)=O. The summed E-state index contributed by atoms with van der Waals surface area (Å²) in [5.74, 6) is -0.128. The normalized spacial score (nSPS) is 11.5. The van der Waals surface area contributed by atoms with Crippen LogP contribution in [0.15, 0.2) is 0 Å². The second-order valence-electron chi connectivity index (χ2n) is 4.01. The first-order valence-electron chi connectivity index (χ1n) is 6.26. The highest BCUT2D eigenvalue weighted by Gasteiger charge is 2.08. The van der Waals surface area contributed by atoms with Gasteiger partial charge in [-0.1, -0.05) is 0 Å². The third-order valence-electron chi connectivity index (χ3n) is 2.23. The van der Waals surface area contributed by atoms with Gasteiger partial charge in [0.2, 0.25) is 15.9 Å². The van der Waals surface area contributed by atoms with Crippen molar-refractivity contribution in [2.75, 3.05) is 45.8 Å². The Bertz CT molecular complexity index is 332. The number of unbranched alkanes of at least 4 members (excludes halogenated alkanes) is 1. The van der Waals surface area contributed by atoms with E-state index in [1.165, 1.54) is 6.92 Å². The van der Waals surface area contributed by atoms with Crippen molar-refractivity contribution in [3.8, 4) is 0 Å². The van der Waals surface area contributed by atoms with Gasteiger partial charge >= 0.3 is 0 Å². The molecule has 7 nitrogen and oxygen atoms in total. The van der Waals surface area contributed by atoms with Gasteiger partial charge in [0.25, 0.3) is 0 Å². The van der Waals surface area contributed by atoms with Crippen LogP contribution in [0.5, 0.6) is 0 Å². The van der Waals surface area contributed by atoms with Crippen LogP contribution in [0.2, 0.25) is 0 Å². The molecule has 0 rings (SSSR count). The van der Waals surface area contributed by atoms with Gasteiger partial charge in [-0.05, 0) is 12.8 Å². The molecule has 19 heavy (non-hydrogen) atoms. The van der Waals surface area contributed by atoms with Crippen LogP contribution < -0.4 is 10.0 Å². The molecule has 0 aliphatic carbocycles. The van der Waals surface area contributed by atoms with E-state index in [9.17, 15) is 13.2 Å². The molecular weight excluding hydrogens is 272 g/mol. The predicted molar refractivity (Wildman–Crippen MR) is 72.4 cm³/mol. The number of carbonyl (C=O) groups excluding carboxylic acids is 1. The zero-order chi connectivity index (χ0) is 14.6. The van der Waals surface area contributed by atoms with Crippen LogP contribution in [0.3, 0.4) is 0 Å². The highest BCUT2D eigenvalue weighted by Crippen LogP contribution is 1.90. The molecule has 0 aliphatic heterocycles. The van der Waals surface area contributed by atoms with Crippen LogP contribution in [0.25, 0.3) is 0 Å². The summed E-state index contributed by atoms with van der Waals surface area (Å²) in [6.45, 7) is 3.40. The van der Waals surface area contributed by atoms with E-state index < -0.39 is 10.0 Å². The van der Waals surface area contributed by atoms with Crippen LogP contribution in [0.1, 0.15) is 19.8 Å². The van der Waals surface area contributed by atoms with Crippen LogP contribution in [0, 0.1) is 0 Å². The molecule has 0 spiro atoms. The van der Waals surface area contributed by atoms with Gasteiger partial charge in [-0.25, -0.2) is 13.1 Å². The maximum absolute atomic E-state index is 11.5. The maximum Gasteiger partial charge on any atom is 0.216 e. The number of carbonyl (C=O) groups is 1. The monoisotopic (exact) mass is 296 g/mol. The lowest BCUT2D eigenvalue weighted by molar-refractivity contribution is -0.118. The Balaban J connectivity index is 3.49. The lowest BCUT2D eigenvalue weighted by Crippen LogP contribution is -2.30. The maximum atomic E-state index is 11.5. The van der Waals surface area contributed by atoms with Crippen LogP contribution in [0.4, 0.5) is 0 Å². The number of hydrogen-bond acceptors (Lipinski definition) is 5. The third kappa shape index (κ3) is 13.5. The van der Waals surface area contributed by atoms with Crippen molar-refractivity contribution in [3.63, 3.8) is 0 Å². The van der Waals surface area contributed by atoms with Crippen molar-refractivity contribution >= 4 is 15.9 Å². The first-order chi connectivity index (χ1) is 8.98. The minimum Gasteiger partial charge on any atom is -0.382 e. The fraction of sp³-hybridized carbons (Fsp3) is 0.909. The second-order valence-corrected chi connectivity index (χ2v) is 5.93. The van der Waals surface area contributed by atoms with Crippen LogP contribution in [-0.2, 0) is 24.3 Å². The molecule has 114 valence electrons. The van der Waals surface area contributed by atoms with E-state index in [1.54, 1.807) is 7.11 Å². The Morgan fingerprint density at radius 1 is 1.11 bits per heavy atom. The summed E-state index contributed by atoms with van der Waals surface area (Å²) < 4.78 is 35.4. The Hall–Kier alpha value is -0.700. The number of sulfonamides is 1. The number of rotatable bonds is 12. The summed E-state index contributed by atoms with van der Waals surface area (Å²) in [6.07, 6.45) is 1.43. The molecule has 0 unspecified atom stereocenters. The lowest BCUT2D eigenvalue weighted by Gasteiger charge is -2.07. The van der Waals surface area contributed by atoms with Crippen molar-refractivity contribution in [3.05, 3.63) is 0 Å². The van der Waals surface area contributed by atoms with Gasteiger partial charge in [0, 0.05) is 27.1 Å². The van der Waals surface area contributed by atoms with E-state index in [0.29, 0.717) is 32.7 Å². The average Bonchev–Trinajstić information content (AvgIpc) is 2.33. The van der Waals surface area contributed by atoms with E-state index in [1.807, 2.05) is 0 Å². The molecule has 0 aromatic rings. The highest BCUT2D eigenvalue weighted by molar-refractivity contribution is 7.89. The zero-order valence-corrected chi connectivity index (χ0v) is 12.4. The molecule has 0 aliphatic rings. The number of ether oxygens (including phenoxy) is 2. The Morgan fingerprint density at radius 3 is 2.42 bits per heavy atom. The van der Waals surface area contributed by atoms with Crippen LogP contribution >= 0.6 is 0 Å². The molecule has 0 fully saturated rings. The fourth-order valence-electron chi connectivity index (χ4n) is 1.23. The van der Waals surface area contributed by atoms with Crippen molar-refractivity contribution in [2.45, 2.75) is 19.8 Å². The van der Waals surface area contributed by atoms with Crippen molar-refractivity contribution in [1.82, 2.24) is 10.0 Å². The van der Waals surface area contributed by atoms with Crippen LogP contribution in [-0.4, -0.2) is 60.1 Å². The topological polar surface area (TPSA) is 93.7 Å². The van der Waals surface area contributed by atoms with Crippen molar-refractivity contribution < 1.29 is 22.7 Å². The summed E-state index contributed by atoms with van der Waals surface area (Å²) in [6, 6.07) is 0. The summed E-state index contributed by atoms with van der Waals surface area (Å²) in [4.78, 5) is 10.6. The summed E-state index contributed by atoms with van der Waals surface area (Å²) in [5.41, 5.74) is 0. The smallest absolute Gasteiger partial charge is 0.216 e. The Morgan fingerprint density at radius 2 is 1.79 bits per heavy atom. The molecule has 2 N–H and O–H groups in total. The van der Waals surface area contributed by atoms with Gasteiger partial charge in [-0.3, -0.25) is 4.79 Å². The van der Waals surface area contributed by atoms with Gasteiger partial charge in [-0.15, -0.1) is 0 Å². The van der Waals surface area contributed by atoms with E-state index in [4.69, 9.17) is 9.47 Å². The Labute approximate surface area is 115 Å². The first kappa shape index (κ1) is 18.3. The summed E-state index contributed by atoms with van der Waals surface area (Å²) >= 11 is 0. The van der Waals surface area contributed by atoms with Gasteiger partial charge in [0.15, 0.2) is 0 Å². The molecule has 0 aromatic heterocycles. The van der Waals surface area contributed by atoms with Gasteiger partial charge in [0.1, 0.15) is 0 Å². The van der Waals surface area contributed by atoms with Crippen molar-refractivity contribution in [1.29, 1.82) is 0 Å². The van der Waals surface area contributed by atoms with Crippen molar-refractivity contribution in [2.24, 2.45) is 0 Å².